The molecule has 2 heterocycles. The normalized spacial score (nSPS) is 19.6. The van der Waals surface area contributed by atoms with E-state index in [4.69, 9.17) is 11.6 Å². The zero-order valence-corrected chi connectivity index (χ0v) is 10.2. The van der Waals surface area contributed by atoms with E-state index in [1.807, 2.05) is 0 Å². The van der Waals surface area contributed by atoms with Gasteiger partial charge in [-0.3, -0.25) is 14.7 Å². The van der Waals surface area contributed by atoms with E-state index in [2.05, 4.69) is 10.3 Å². The molecule has 3 rings (SSSR count). The first-order valence-corrected chi connectivity index (χ1v) is 6.16. The van der Waals surface area contributed by atoms with Crippen molar-refractivity contribution in [1.82, 2.24) is 14.9 Å². The molecule has 0 aliphatic carbocycles. The van der Waals surface area contributed by atoms with Crippen molar-refractivity contribution in [2.24, 2.45) is 0 Å². The van der Waals surface area contributed by atoms with Crippen LogP contribution >= 0.6 is 11.6 Å². The Kier molecular flexibility index (Phi) is 2.80. The molecule has 1 fully saturated rings. The van der Waals surface area contributed by atoms with Gasteiger partial charge in [0.15, 0.2) is 0 Å². The quantitative estimate of drug-likeness (QED) is 0.805. The highest BCUT2D eigenvalue weighted by molar-refractivity contribution is 6.28. The second-order valence-electron chi connectivity index (χ2n) is 4.30. The predicted octanol–water partition coefficient (Wildman–Crippen LogP) is 2.07. The second-order valence-corrected chi connectivity index (χ2v) is 4.64. The summed E-state index contributed by atoms with van der Waals surface area (Å²) in [5.41, 5.74) is -0.137. The number of aromatic nitrogens is 2. The molecule has 1 aliphatic rings. The molecular weight excluding hydrogens is 257 g/mol. The number of halogens is 2. The van der Waals surface area contributed by atoms with Crippen LogP contribution < -0.4 is 10.9 Å². The molecule has 0 bridgehead atoms. The first-order chi connectivity index (χ1) is 8.68. The van der Waals surface area contributed by atoms with Crippen LogP contribution in [0.5, 0.6) is 0 Å². The van der Waals surface area contributed by atoms with Crippen LogP contribution in [0.4, 0.5) is 4.39 Å². The number of hydrogen-bond acceptors (Lipinski definition) is 3. The van der Waals surface area contributed by atoms with Gasteiger partial charge < -0.3 is 0 Å². The van der Waals surface area contributed by atoms with Crippen molar-refractivity contribution in [1.29, 1.82) is 0 Å². The van der Waals surface area contributed by atoms with E-state index >= 15 is 0 Å². The third-order valence-electron chi connectivity index (χ3n) is 3.18. The molecule has 1 aliphatic heterocycles. The number of rotatable bonds is 1. The van der Waals surface area contributed by atoms with Crippen LogP contribution in [0.1, 0.15) is 19.0 Å². The molecule has 1 aromatic heterocycles. The lowest BCUT2D eigenvalue weighted by atomic mass is 10.2. The van der Waals surface area contributed by atoms with Crippen molar-refractivity contribution >= 4 is 22.5 Å². The Morgan fingerprint density at radius 3 is 3.06 bits per heavy atom. The summed E-state index contributed by atoms with van der Waals surface area (Å²) in [6, 6.07) is 4.35. The lowest BCUT2D eigenvalue weighted by molar-refractivity contribution is 0.452. The minimum Gasteiger partial charge on any atom is -0.297 e. The zero-order valence-electron chi connectivity index (χ0n) is 9.49. The summed E-state index contributed by atoms with van der Waals surface area (Å²) in [7, 11) is 0. The van der Waals surface area contributed by atoms with Gasteiger partial charge in [0.25, 0.3) is 5.56 Å². The fourth-order valence-corrected chi connectivity index (χ4v) is 2.62. The van der Waals surface area contributed by atoms with Crippen LogP contribution in [0, 0.1) is 5.82 Å². The SMILES string of the molecule is O=c1c2c(F)cccc2nc(Cl)n1C1CCCN1. The molecule has 0 spiro atoms. The number of benzene rings is 1. The largest absolute Gasteiger partial charge is 0.297 e. The van der Waals surface area contributed by atoms with Gasteiger partial charge in [-0.15, -0.1) is 0 Å². The molecule has 1 unspecified atom stereocenters. The summed E-state index contributed by atoms with van der Waals surface area (Å²) in [4.78, 5) is 16.4. The maximum Gasteiger partial charge on any atom is 0.266 e. The summed E-state index contributed by atoms with van der Waals surface area (Å²) in [6.45, 7) is 0.822. The van der Waals surface area contributed by atoms with Gasteiger partial charge in [0.2, 0.25) is 5.28 Å². The molecule has 1 saturated heterocycles. The topological polar surface area (TPSA) is 46.9 Å². The molecule has 1 N–H and O–H groups in total. The smallest absolute Gasteiger partial charge is 0.266 e. The van der Waals surface area contributed by atoms with Crippen molar-refractivity contribution in [3.8, 4) is 0 Å². The fourth-order valence-electron chi connectivity index (χ4n) is 2.33. The van der Waals surface area contributed by atoms with Gasteiger partial charge in [0.1, 0.15) is 11.2 Å². The Bertz CT molecular complexity index is 664. The minimum absolute atomic E-state index is 0.00407. The van der Waals surface area contributed by atoms with Crippen LogP contribution in [-0.4, -0.2) is 16.1 Å². The van der Waals surface area contributed by atoms with Gasteiger partial charge in [-0.1, -0.05) is 6.07 Å². The van der Waals surface area contributed by atoms with Crippen LogP contribution in [0.25, 0.3) is 10.9 Å². The number of fused-ring (bicyclic) bond motifs is 1. The summed E-state index contributed by atoms with van der Waals surface area (Å²) in [5.74, 6) is -0.562. The molecule has 0 saturated carbocycles. The van der Waals surface area contributed by atoms with Crippen molar-refractivity contribution in [3.05, 3.63) is 39.7 Å². The molecule has 1 atom stereocenters. The molecule has 0 amide bonds. The van der Waals surface area contributed by atoms with Crippen LogP contribution in [-0.2, 0) is 0 Å². The number of hydrogen-bond donors (Lipinski definition) is 1. The lowest BCUT2D eigenvalue weighted by Gasteiger charge is -2.16. The van der Waals surface area contributed by atoms with Gasteiger partial charge in [0.05, 0.1) is 11.7 Å². The van der Waals surface area contributed by atoms with Crippen molar-refractivity contribution in [2.75, 3.05) is 6.54 Å². The molecule has 0 radical (unpaired) electrons. The highest BCUT2D eigenvalue weighted by Gasteiger charge is 2.22. The summed E-state index contributed by atoms with van der Waals surface area (Å²) < 4.78 is 15.1. The maximum atomic E-state index is 13.7. The Hall–Kier alpha value is -1.46. The lowest BCUT2D eigenvalue weighted by Crippen LogP contribution is -2.32. The minimum atomic E-state index is -0.562. The Morgan fingerprint density at radius 1 is 1.50 bits per heavy atom. The summed E-state index contributed by atoms with van der Waals surface area (Å²) >= 11 is 6.03. The van der Waals surface area contributed by atoms with E-state index in [0.29, 0.717) is 5.52 Å². The third kappa shape index (κ3) is 1.71. The standard InChI is InChI=1S/C12H11ClFN3O/c13-12-16-8-4-1-3-7(14)10(8)11(18)17(12)9-5-2-6-15-9/h1,3-4,9,15H,2,5-6H2. The first-order valence-electron chi connectivity index (χ1n) is 5.78. The Balaban J connectivity index is 2.32. The molecule has 6 heteroatoms. The molecule has 1 aromatic carbocycles. The molecular formula is C12H11ClFN3O. The van der Waals surface area contributed by atoms with Crippen LogP contribution in [0.2, 0.25) is 5.28 Å². The Labute approximate surface area is 107 Å². The zero-order chi connectivity index (χ0) is 12.7. The Morgan fingerprint density at radius 2 is 2.33 bits per heavy atom. The van der Waals surface area contributed by atoms with Crippen LogP contribution in [0.3, 0.4) is 0 Å². The van der Waals surface area contributed by atoms with E-state index in [1.165, 1.54) is 16.7 Å². The monoisotopic (exact) mass is 267 g/mol. The molecule has 18 heavy (non-hydrogen) atoms. The average molecular weight is 268 g/mol. The van der Waals surface area contributed by atoms with Gasteiger partial charge >= 0.3 is 0 Å². The van der Waals surface area contributed by atoms with Crippen molar-refractivity contribution in [2.45, 2.75) is 19.0 Å². The molecule has 4 nitrogen and oxygen atoms in total. The van der Waals surface area contributed by atoms with Gasteiger partial charge in [-0.05, 0) is 43.1 Å². The number of nitrogens with one attached hydrogen (secondary N) is 1. The predicted molar refractivity (Wildman–Crippen MR) is 67.2 cm³/mol. The fraction of sp³-hybridized carbons (Fsp3) is 0.333. The molecule has 94 valence electrons. The van der Waals surface area contributed by atoms with E-state index in [-0.39, 0.29) is 16.8 Å². The van der Waals surface area contributed by atoms with Gasteiger partial charge in [-0.2, -0.15) is 0 Å². The van der Waals surface area contributed by atoms with Crippen molar-refractivity contribution < 1.29 is 4.39 Å². The average Bonchev–Trinajstić information content (AvgIpc) is 2.82. The van der Waals surface area contributed by atoms with E-state index in [9.17, 15) is 9.18 Å². The first kappa shape index (κ1) is 11.6. The molecule has 2 aromatic rings. The van der Waals surface area contributed by atoms with Crippen LogP contribution in [0.15, 0.2) is 23.0 Å². The van der Waals surface area contributed by atoms with E-state index < -0.39 is 11.4 Å². The second kappa shape index (κ2) is 4.33. The van der Waals surface area contributed by atoms with E-state index in [1.54, 1.807) is 6.07 Å². The summed E-state index contributed by atoms with van der Waals surface area (Å²) in [6.07, 6.45) is 1.56. The summed E-state index contributed by atoms with van der Waals surface area (Å²) in [5, 5.41) is 3.25. The highest BCUT2D eigenvalue weighted by Crippen LogP contribution is 2.21. The highest BCUT2D eigenvalue weighted by atomic mass is 35.5. The van der Waals surface area contributed by atoms with Crippen molar-refractivity contribution in [3.63, 3.8) is 0 Å². The van der Waals surface area contributed by atoms with E-state index in [0.717, 1.165) is 19.4 Å². The third-order valence-corrected chi connectivity index (χ3v) is 3.45. The van der Waals surface area contributed by atoms with Gasteiger partial charge in [0, 0.05) is 0 Å². The maximum absolute atomic E-state index is 13.7. The number of nitrogens with zero attached hydrogens (tertiary/aromatic N) is 2. The van der Waals surface area contributed by atoms with Gasteiger partial charge in [-0.25, -0.2) is 9.37 Å².